The molecule has 0 fully saturated rings. The molecule has 0 atom stereocenters. The van der Waals surface area contributed by atoms with Gasteiger partial charge in [-0.25, -0.2) is 0 Å². The Labute approximate surface area is 142 Å². The van der Waals surface area contributed by atoms with Crippen LogP contribution in [-0.4, -0.2) is 23.1 Å². The Kier molecular flexibility index (Phi) is 4.49. The maximum absolute atomic E-state index is 12.3. The van der Waals surface area contributed by atoms with Crippen LogP contribution in [0.5, 0.6) is 0 Å². The van der Waals surface area contributed by atoms with E-state index >= 15 is 0 Å². The molecule has 3 rings (SSSR count). The molecule has 4 nitrogen and oxygen atoms in total. The molecule has 2 aromatic rings. The lowest BCUT2D eigenvalue weighted by Gasteiger charge is -2.14. The van der Waals surface area contributed by atoms with Crippen molar-refractivity contribution in [1.82, 2.24) is 4.90 Å². The molecule has 1 aliphatic rings. The van der Waals surface area contributed by atoms with Crippen LogP contribution in [0.25, 0.3) is 0 Å². The molecule has 4 heteroatoms. The Hall–Kier alpha value is -2.46. The van der Waals surface area contributed by atoms with E-state index in [1.54, 1.807) is 24.3 Å². The number of carbonyl (C=O) groups excluding carboxylic acids is 2. The average molecular weight is 322 g/mol. The number of carbonyl (C=O) groups is 2. The summed E-state index contributed by atoms with van der Waals surface area (Å²) in [5, 5.41) is 2.89. The average Bonchev–Trinajstić information content (AvgIpc) is 2.89. The first-order chi connectivity index (χ1) is 11.4. The van der Waals surface area contributed by atoms with Crippen molar-refractivity contribution in [3.8, 4) is 0 Å². The molecule has 0 bridgehead atoms. The van der Waals surface area contributed by atoms with Gasteiger partial charge in [0.2, 0.25) is 5.91 Å². The monoisotopic (exact) mass is 322 g/mol. The molecule has 0 aliphatic carbocycles. The molecule has 2 aromatic carbocycles. The number of fused-ring (bicyclic) bond motifs is 1. The summed E-state index contributed by atoms with van der Waals surface area (Å²) in [7, 11) is 0. The molecule has 0 unspecified atom stereocenters. The van der Waals surface area contributed by atoms with E-state index < -0.39 is 0 Å². The number of nitrogens with one attached hydrogen (secondary N) is 1. The van der Waals surface area contributed by atoms with Crippen molar-refractivity contribution >= 4 is 17.4 Å². The lowest BCUT2D eigenvalue weighted by molar-refractivity contribution is -0.117. The van der Waals surface area contributed by atoms with E-state index in [1.165, 1.54) is 29.2 Å². The largest absolute Gasteiger partial charge is 0.325 e. The fourth-order valence-electron chi connectivity index (χ4n) is 3.07. The van der Waals surface area contributed by atoms with Crippen molar-refractivity contribution in [2.75, 3.05) is 11.9 Å². The summed E-state index contributed by atoms with van der Waals surface area (Å²) in [5.74, 6) is -0.0138. The van der Waals surface area contributed by atoms with E-state index in [0.29, 0.717) is 17.8 Å². The molecule has 24 heavy (non-hydrogen) atoms. The molecule has 1 aliphatic heterocycles. The number of nitrogens with zero attached hydrogens (tertiary/aromatic N) is 1. The van der Waals surface area contributed by atoms with Crippen LogP contribution in [0, 0.1) is 13.8 Å². The molecular weight excluding hydrogens is 300 g/mol. The number of benzene rings is 2. The minimum Gasteiger partial charge on any atom is -0.325 e. The Morgan fingerprint density at radius 2 is 1.54 bits per heavy atom. The van der Waals surface area contributed by atoms with Crippen LogP contribution in [0.1, 0.15) is 39.5 Å². The van der Waals surface area contributed by atoms with Crippen LogP contribution in [0.3, 0.4) is 0 Å². The molecule has 1 N–H and O–H groups in total. The van der Waals surface area contributed by atoms with E-state index in [9.17, 15) is 9.59 Å². The van der Waals surface area contributed by atoms with Gasteiger partial charge in [0.1, 0.15) is 0 Å². The van der Waals surface area contributed by atoms with Gasteiger partial charge in [0.25, 0.3) is 0 Å². The van der Waals surface area contributed by atoms with Crippen LogP contribution in [-0.2, 0) is 17.9 Å². The Morgan fingerprint density at radius 3 is 2.04 bits per heavy atom. The second-order valence-electron chi connectivity index (χ2n) is 6.53. The second-order valence-corrected chi connectivity index (χ2v) is 6.53. The molecule has 0 spiro atoms. The summed E-state index contributed by atoms with van der Waals surface area (Å²) < 4.78 is 0. The number of hydrogen-bond acceptors (Lipinski definition) is 3. The number of Topliss-reactive ketones (excluding diaryl/α,β-unsaturated/α-hetero) is 1. The Bertz CT molecular complexity index is 763. The van der Waals surface area contributed by atoms with Gasteiger partial charge in [-0.2, -0.15) is 0 Å². The predicted octanol–water partition coefficient (Wildman–Crippen LogP) is 3.46. The Balaban J connectivity index is 1.59. The molecular formula is C20H22N2O2. The minimum atomic E-state index is -0.0353. The third kappa shape index (κ3) is 3.54. The van der Waals surface area contributed by atoms with Gasteiger partial charge >= 0.3 is 0 Å². The van der Waals surface area contributed by atoms with E-state index in [1.807, 2.05) is 0 Å². The number of hydrogen-bond donors (Lipinski definition) is 1. The van der Waals surface area contributed by atoms with Crippen LogP contribution >= 0.6 is 0 Å². The third-order valence-electron chi connectivity index (χ3n) is 4.55. The van der Waals surface area contributed by atoms with E-state index in [0.717, 1.165) is 13.1 Å². The van der Waals surface area contributed by atoms with Crippen LogP contribution in [0.4, 0.5) is 5.69 Å². The Morgan fingerprint density at radius 1 is 1.00 bits per heavy atom. The first-order valence-corrected chi connectivity index (χ1v) is 8.14. The maximum Gasteiger partial charge on any atom is 0.238 e. The fraction of sp³-hybridized carbons (Fsp3) is 0.300. The highest BCUT2D eigenvalue weighted by Crippen LogP contribution is 2.25. The number of ketones is 1. The summed E-state index contributed by atoms with van der Waals surface area (Å²) in [4.78, 5) is 25.7. The van der Waals surface area contributed by atoms with E-state index in [4.69, 9.17) is 0 Å². The van der Waals surface area contributed by atoms with Crippen molar-refractivity contribution in [2.45, 2.75) is 33.9 Å². The summed E-state index contributed by atoms with van der Waals surface area (Å²) in [6, 6.07) is 11.4. The molecule has 1 amide bonds. The van der Waals surface area contributed by atoms with Crippen molar-refractivity contribution in [2.24, 2.45) is 0 Å². The van der Waals surface area contributed by atoms with Gasteiger partial charge in [-0.3, -0.25) is 14.5 Å². The van der Waals surface area contributed by atoms with Gasteiger partial charge < -0.3 is 5.32 Å². The van der Waals surface area contributed by atoms with Crippen LogP contribution in [0.15, 0.2) is 36.4 Å². The normalized spacial score (nSPS) is 13.6. The first kappa shape index (κ1) is 16.4. The van der Waals surface area contributed by atoms with Crippen molar-refractivity contribution < 1.29 is 9.59 Å². The topological polar surface area (TPSA) is 49.4 Å². The maximum atomic E-state index is 12.3. The van der Waals surface area contributed by atoms with Crippen LogP contribution < -0.4 is 5.32 Å². The molecule has 0 saturated carbocycles. The highest BCUT2D eigenvalue weighted by Gasteiger charge is 2.21. The predicted molar refractivity (Wildman–Crippen MR) is 95.1 cm³/mol. The lowest BCUT2D eigenvalue weighted by Crippen LogP contribution is -2.29. The van der Waals surface area contributed by atoms with Gasteiger partial charge in [0, 0.05) is 24.3 Å². The second kappa shape index (κ2) is 6.57. The molecule has 0 aromatic heterocycles. The summed E-state index contributed by atoms with van der Waals surface area (Å²) >= 11 is 0. The summed E-state index contributed by atoms with van der Waals surface area (Å²) in [5.41, 5.74) is 6.59. The minimum absolute atomic E-state index is 0.0216. The number of anilines is 1. The van der Waals surface area contributed by atoms with Gasteiger partial charge in [-0.1, -0.05) is 12.1 Å². The zero-order valence-corrected chi connectivity index (χ0v) is 14.3. The van der Waals surface area contributed by atoms with Crippen molar-refractivity contribution in [3.63, 3.8) is 0 Å². The highest BCUT2D eigenvalue weighted by atomic mass is 16.2. The van der Waals surface area contributed by atoms with Gasteiger partial charge in [-0.15, -0.1) is 0 Å². The van der Waals surface area contributed by atoms with E-state index in [2.05, 4.69) is 36.2 Å². The molecule has 124 valence electrons. The van der Waals surface area contributed by atoms with Gasteiger partial charge in [0.15, 0.2) is 5.78 Å². The van der Waals surface area contributed by atoms with Gasteiger partial charge in [-0.05, 0) is 67.3 Å². The van der Waals surface area contributed by atoms with Crippen molar-refractivity contribution in [1.29, 1.82) is 0 Å². The molecule has 1 heterocycles. The highest BCUT2D eigenvalue weighted by molar-refractivity contribution is 5.96. The zero-order chi connectivity index (χ0) is 17.3. The molecule has 0 radical (unpaired) electrons. The fourth-order valence-corrected chi connectivity index (χ4v) is 3.07. The SMILES string of the molecule is CC(=O)c1ccc(NC(=O)CN2Cc3cc(C)c(C)cc3C2)cc1. The number of amides is 1. The molecule has 0 saturated heterocycles. The van der Waals surface area contributed by atoms with Crippen LogP contribution in [0.2, 0.25) is 0 Å². The first-order valence-electron chi connectivity index (χ1n) is 8.14. The standard InChI is InChI=1S/C20H22N2O2/c1-13-8-17-10-22(11-18(17)9-14(13)2)12-20(24)21-19-6-4-16(5-7-19)15(3)23/h4-9H,10-12H2,1-3H3,(H,21,24). The zero-order valence-electron chi connectivity index (χ0n) is 14.3. The van der Waals surface area contributed by atoms with Crippen molar-refractivity contribution in [3.05, 3.63) is 64.2 Å². The summed E-state index contributed by atoms with van der Waals surface area (Å²) in [6.45, 7) is 7.76. The third-order valence-corrected chi connectivity index (χ3v) is 4.55. The lowest BCUT2D eigenvalue weighted by atomic mass is 10.0. The smallest absolute Gasteiger partial charge is 0.238 e. The quantitative estimate of drug-likeness (QED) is 0.877. The number of aryl methyl sites for hydroxylation is 2. The van der Waals surface area contributed by atoms with E-state index in [-0.39, 0.29) is 11.7 Å². The number of rotatable bonds is 4. The summed E-state index contributed by atoms with van der Waals surface area (Å²) in [6.07, 6.45) is 0. The van der Waals surface area contributed by atoms with Gasteiger partial charge in [0.05, 0.1) is 6.54 Å².